The molecule has 0 spiro atoms. The molecule has 0 radical (unpaired) electrons. The number of esters is 1. The average Bonchev–Trinajstić information content (AvgIpc) is 2.25. The van der Waals surface area contributed by atoms with Gasteiger partial charge >= 0.3 is 5.97 Å². The molecule has 0 fully saturated rings. The Hall–Kier alpha value is -0.0500. The summed E-state index contributed by atoms with van der Waals surface area (Å²) >= 11 is 3.09. The molecule has 0 rings (SSSR count). The van der Waals surface area contributed by atoms with Gasteiger partial charge in [-0.3, -0.25) is 4.79 Å². The van der Waals surface area contributed by atoms with E-state index in [4.69, 9.17) is 4.74 Å². The molecular weight excluding hydrogens is 256 g/mol. The molecule has 0 aliphatic carbocycles. The van der Waals surface area contributed by atoms with Crippen LogP contribution >= 0.6 is 15.9 Å². The Labute approximate surface area is 102 Å². The fourth-order valence-corrected chi connectivity index (χ4v) is 1.81. The van der Waals surface area contributed by atoms with Gasteiger partial charge in [0, 0.05) is 0 Å². The third-order valence-corrected chi connectivity index (χ3v) is 2.96. The Morgan fingerprint density at radius 2 is 1.93 bits per heavy atom. The molecule has 0 amide bonds. The van der Waals surface area contributed by atoms with Crippen molar-refractivity contribution < 1.29 is 9.53 Å². The standard InChI is InChI=1S/C12H23BrO2/c1-3-5-6-8-11(7-4-2)10-15-12(14)9-13/h11H,3-10H2,1-2H3/t11-/m0/s1. The summed E-state index contributed by atoms with van der Waals surface area (Å²) in [5.74, 6) is 0.413. The SMILES string of the molecule is CCCCC[C@H](CCC)COC(=O)CBr. The van der Waals surface area contributed by atoms with Crippen molar-refractivity contribution in [2.45, 2.75) is 52.4 Å². The third-order valence-electron chi connectivity index (χ3n) is 2.50. The van der Waals surface area contributed by atoms with Crippen LogP contribution in [0, 0.1) is 5.92 Å². The van der Waals surface area contributed by atoms with Crippen LogP contribution in [0.3, 0.4) is 0 Å². The van der Waals surface area contributed by atoms with Crippen LogP contribution in [-0.2, 0) is 9.53 Å². The Kier molecular flexibility index (Phi) is 10.4. The zero-order chi connectivity index (χ0) is 11.5. The van der Waals surface area contributed by atoms with Gasteiger partial charge in [-0.2, -0.15) is 0 Å². The van der Waals surface area contributed by atoms with Crippen molar-refractivity contribution >= 4 is 21.9 Å². The minimum absolute atomic E-state index is 0.147. The number of hydrogen-bond acceptors (Lipinski definition) is 2. The molecule has 1 atom stereocenters. The van der Waals surface area contributed by atoms with Crippen molar-refractivity contribution in [3.05, 3.63) is 0 Å². The van der Waals surface area contributed by atoms with Gasteiger partial charge in [-0.05, 0) is 18.8 Å². The van der Waals surface area contributed by atoms with Gasteiger partial charge in [0.05, 0.1) is 6.61 Å². The van der Waals surface area contributed by atoms with Crippen molar-refractivity contribution in [2.75, 3.05) is 11.9 Å². The van der Waals surface area contributed by atoms with Gasteiger partial charge in [0.25, 0.3) is 0 Å². The third kappa shape index (κ3) is 8.91. The predicted molar refractivity (Wildman–Crippen MR) is 67.3 cm³/mol. The summed E-state index contributed by atoms with van der Waals surface area (Å²) in [6, 6.07) is 0. The highest BCUT2D eigenvalue weighted by molar-refractivity contribution is 9.09. The largest absolute Gasteiger partial charge is 0.465 e. The first-order valence-corrected chi connectivity index (χ1v) is 7.08. The van der Waals surface area contributed by atoms with E-state index in [0.29, 0.717) is 17.9 Å². The highest BCUT2D eigenvalue weighted by Gasteiger charge is 2.10. The second kappa shape index (κ2) is 10.5. The maximum atomic E-state index is 11.0. The van der Waals surface area contributed by atoms with Crippen molar-refractivity contribution in [1.82, 2.24) is 0 Å². The van der Waals surface area contributed by atoms with Crippen LogP contribution < -0.4 is 0 Å². The summed E-state index contributed by atoms with van der Waals surface area (Å²) in [6.45, 7) is 4.99. The Morgan fingerprint density at radius 3 is 2.47 bits per heavy atom. The predicted octanol–water partition coefficient (Wildman–Crippen LogP) is 3.92. The van der Waals surface area contributed by atoms with Crippen LogP contribution in [0.25, 0.3) is 0 Å². The summed E-state index contributed by atoms with van der Waals surface area (Å²) in [4.78, 5) is 11.0. The highest BCUT2D eigenvalue weighted by Crippen LogP contribution is 2.16. The van der Waals surface area contributed by atoms with E-state index in [9.17, 15) is 4.79 Å². The maximum Gasteiger partial charge on any atom is 0.316 e. The smallest absolute Gasteiger partial charge is 0.316 e. The molecule has 0 aromatic rings. The first kappa shape index (κ1) is 14.9. The molecule has 0 heterocycles. The van der Waals surface area contributed by atoms with Gasteiger partial charge in [0.1, 0.15) is 5.33 Å². The minimum atomic E-state index is -0.147. The Balaban J connectivity index is 3.66. The maximum absolute atomic E-state index is 11.0. The lowest BCUT2D eigenvalue weighted by Crippen LogP contribution is -2.14. The van der Waals surface area contributed by atoms with Crippen LogP contribution in [0.4, 0.5) is 0 Å². The van der Waals surface area contributed by atoms with E-state index in [0.717, 1.165) is 0 Å². The molecule has 3 heteroatoms. The molecule has 15 heavy (non-hydrogen) atoms. The van der Waals surface area contributed by atoms with E-state index in [1.54, 1.807) is 0 Å². The Morgan fingerprint density at radius 1 is 1.20 bits per heavy atom. The number of carbonyl (C=O) groups excluding carboxylic acids is 1. The number of rotatable bonds is 9. The number of hydrogen-bond donors (Lipinski definition) is 0. The van der Waals surface area contributed by atoms with Gasteiger partial charge < -0.3 is 4.74 Å². The molecule has 0 aromatic carbocycles. The summed E-state index contributed by atoms with van der Waals surface area (Å²) < 4.78 is 5.15. The summed E-state index contributed by atoms with van der Waals surface area (Å²) in [6.07, 6.45) is 7.32. The van der Waals surface area contributed by atoms with E-state index in [1.807, 2.05) is 0 Å². The number of unbranched alkanes of at least 4 members (excludes halogenated alkanes) is 2. The molecule has 0 aliphatic heterocycles. The molecular formula is C12H23BrO2. The zero-order valence-corrected chi connectivity index (χ0v) is 11.5. The second-order valence-corrected chi connectivity index (χ2v) is 4.53. The van der Waals surface area contributed by atoms with Crippen molar-refractivity contribution in [1.29, 1.82) is 0 Å². The normalized spacial score (nSPS) is 12.5. The molecule has 0 aromatic heterocycles. The van der Waals surface area contributed by atoms with Gasteiger partial charge in [-0.1, -0.05) is 55.5 Å². The van der Waals surface area contributed by atoms with Crippen LogP contribution in [0.5, 0.6) is 0 Å². The van der Waals surface area contributed by atoms with Gasteiger partial charge in [0.2, 0.25) is 0 Å². The lowest BCUT2D eigenvalue weighted by Gasteiger charge is -2.15. The van der Waals surface area contributed by atoms with Crippen molar-refractivity contribution in [2.24, 2.45) is 5.92 Å². The number of alkyl halides is 1. The fraction of sp³-hybridized carbons (Fsp3) is 0.917. The lowest BCUT2D eigenvalue weighted by atomic mass is 9.97. The quantitative estimate of drug-likeness (QED) is 0.363. The molecule has 0 unspecified atom stereocenters. The van der Waals surface area contributed by atoms with E-state index < -0.39 is 0 Å². The van der Waals surface area contributed by atoms with E-state index in [-0.39, 0.29) is 5.97 Å². The fourth-order valence-electron chi connectivity index (χ4n) is 1.65. The first-order chi connectivity index (χ1) is 7.24. The van der Waals surface area contributed by atoms with Crippen molar-refractivity contribution in [3.63, 3.8) is 0 Å². The van der Waals surface area contributed by atoms with Gasteiger partial charge in [-0.15, -0.1) is 0 Å². The molecule has 0 saturated carbocycles. The van der Waals surface area contributed by atoms with Crippen LogP contribution in [0.1, 0.15) is 52.4 Å². The highest BCUT2D eigenvalue weighted by atomic mass is 79.9. The summed E-state index contributed by atoms with van der Waals surface area (Å²) in [7, 11) is 0. The monoisotopic (exact) mass is 278 g/mol. The lowest BCUT2D eigenvalue weighted by molar-refractivity contribution is -0.141. The Bertz CT molecular complexity index is 160. The number of ether oxygens (including phenoxy) is 1. The first-order valence-electron chi connectivity index (χ1n) is 5.96. The summed E-state index contributed by atoms with van der Waals surface area (Å²) in [5.41, 5.74) is 0. The molecule has 0 N–H and O–H groups in total. The van der Waals surface area contributed by atoms with Crippen molar-refractivity contribution in [3.8, 4) is 0 Å². The van der Waals surface area contributed by atoms with Crippen LogP contribution in [-0.4, -0.2) is 17.9 Å². The number of carbonyl (C=O) groups is 1. The summed E-state index contributed by atoms with van der Waals surface area (Å²) in [5, 5.41) is 0.306. The second-order valence-electron chi connectivity index (χ2n) is 3.97. The molecule has 0 bridgehead atoms. The molecule has 90 valence electrons. The molecule has 2 nitrogen and oxygen atoms in total. The van der Waals surface area contributed by atoms with E-state index >= 15 is 0 Å². The van der Waals surface area contributed by atoms with Crippen LogP contribution in [0.2, 0.25) is 0 Å². The molecule has 0 aliphatic rings. The van der Waals surface area contributed by atoms with E-state index in [2.05, 4.69) is 29.8 Å². The van der Waals surface area contributed by atoms with Gasteiger partial charge in [0.15, 0.2) is 0 Å². The average molecular weight is 279 g/mol. The zero-order valence-electron chi connectivity index (χ0n) is 9.93. The minimum Gasteiger partial charge on any atom is -0.465 e. The topological polar surface area (TPSA) is 26.3 Å². The molecule has 0 saturated heterocycles. The van der Waals surface area contributed by atoms with Gasteiger partial charge in [-0.25, -0.2) is 0 Å². The van der Waals surface area contributed by atoms with Crippen LogP contribution in [0.15, 0.2) is 0 Å². The van der Waals surface area contributed by atoms with E-state index in [1.165, 1.54) is 38.5 Å². The number of halogens is 1.